The van der Waals surface area contributed by atoms with E-state index in [2.05, 4.69) is 4.99 Å². The van der Waals surface area contributed by atoms with E-state index in [-0.39, 0.29) is 24.5 Å². The second-order valence-electron chi connectivity index (χ2n) is 7.47. The highest BCUT2D eigenvalue weighted by molar-refractivity contribution is 7.07. The number of allylic oxidation sites excluding steroid dienone is 1. The standard InChI is InChI=1S/C24H19FN2O5S/c1-3-30-23(29)20-13(2)26-24-27(21(20)15-7-8-17-18(11-15)32-12-31-17)22(28)19(33-24)10-14-5-4-6-16(25)9-14/h4-11,21H,3,12H2,1-2H3/b19-10+. The highest BCUT2D eigenvalue weighted by atomic mass is 32.1. The third-order valence-electron chi connectivity index (χ3n) is 5.38. The molecule has 1 unspecified atom stereocenters. The van der Waals surface area contributed by atoms with Crippen molar-refractivity contribution in [1.29, 1.82) is 0 Å². The van der Waals surface area contributed by atoms with E-state index in [1.165, 1.54) is 28.0 Å². The predicted molar refractivity (Wildman–Crippen MR) is 119 cm³/mol. The normalized spacial score (nSPS) is 17.1. The van der Waals surface area contributed by atoms with Gasteiger partial charge in [0.1, 0.15) is 5.82 Å². The zero-order valence-electron chi connectivity index (χ0n) is 17.8. The highest BCUT2D eigenvalue weighted by Crippen LogP contribution is 2.38. The van der Waals surface area contributed by atoms with Gasteiger partial charge in [0.05, 0.1) is 28.5 Å². The molecule has 0 radical (unpaired) electrons. The molecule has 0 amide bonds. The third kappa shape index (κ3) is 3.74. The lowest BCUT2D eigenvalue weighted by molar-refractivity contribution is -0.139. The van der Waals surface area contributed by atoms with Gasteiger partial charge in [-0.15, -0.1) is 0 Å². The summed E-state index contributed by atoms with van der Waals surface area (Å²) in [6, 6.07) is 10.5. The number of thiazole rings is 1. The summed E-state index contributed by atoms with van der Waals surface area (Å²) in [6.07, 6.45) is 1.62. The summed E-state index contributed by atoms with van der Waals surface area (Å²) in [7, 11) is 0. The van der Waals surface area contributed by atoms with Crippen LogP contribution in [0.1, 0.15) is 31.0 Å². The van der Waals surface area contributed by atoms with Gasteiger partial charge in [0.2, 0.25) is 6.79 Å². The fourth-order valence-corrected chi connectivity index (χ4v) is 4.98. The van der Waals surface area contributed by atoms with Gasteiger partial charge in [-0.05, 0) is 55.3 Å². The van der Waals surface area contributed by atoms with Gasteiger partial charge in [-0.1, -0.05) is 29.5 Å². The predicted octanol–water partition coefficient (Wildman–Crippen LogP) is 2.67. The molecule has 168 valence electrons. The first-order valence-corrected chi connectivity index (χ1v) is 11.1. The molecule has 0 saturated heterocycles. The van der Waals surface area contributed by atoms with E-state index in [9.17, 15) is 14.0 Å². The van der Waals surface area contributed by atoms with Crippen LogP contribution in [0.4, 0.5) is 4.39 Å². The van der Waals surface area contributed by atoms with Crippen LogP contribution >= 0.6 is 11.3 Å². The molecule has 0 saturated carbocycles. The number of rotatable bonds is 4. The van der Waals surface area contributed by atoms with Gasteiger partial charge in [-0.3, -0.25) is 9.36 Å². The van der Waals surface area contributed by atoms with E-state index in [0.29, 0.717) is 37.7 Å². The monoisotopic (exact) mass is 466 g/mol. The van der Waals surface area contributed by atoms with Crippen LogP contribution in [0.2, 0.25) is 0 Å². The molecule has 3 aromatic rings. The first-order chi connectivity index (χ1) is 16.0. The van der Waals surface area contributed by atoms with E-state index in [1.54, 1.807) is 50.3 Å². The number of halogens is 1. The maximum atomic E-state index is 13.7. The minimum Gasteiger partial charge on any atom is -0.463 e. The van der Waals surface area contributed by atoms with E-state index in [1.807, 2.05) is 0 Å². The minimum absolute atomic E-state index is 0.106. The average Bonchev–Trinajstić information content (AvgIpc) is 3.37. The van der Waals surface area contributed by atoms with Gasteiger partial charge in [0.25, 0.3) is 5.56 Å². The van der Waals surface area contributed by atoms with Gasteiger partial charge in [-0.25, -0.2) is 14.2 Å². The van der Waals surface area contributed by atoms with Gasteiger partial charge in [0, 0.05) is 0 Å². The lowest BCUT2D eigenvalue weighted by Crippen LogP contribution is -2.39. The van der Waals surface area contributed by atoms with Crippen LogP contribution in [0, 0.1) is 5.82 Å². The van der Waals surface area contributed by atoms with Crippen molar-refractivity contribution in [2.24, 2.45) is 4.99 Å². The molecule has 0 bridgehead atoms. The van der Waals surface area contributed by atoms with Crippen molar-refractivity contribution >= 4 is 23.4 Å². The first kappa shape index (κ1) is 21.1. The molecule has 9 heteroatoms. The van der Waals surface area contributed by atoms with Crippen LogP contribution in [0.3, 0.4) is 0 Å². The number of nitrogens with zero attached hydrogens (tertiary/aromatic N) is 2. The smallest absolute Gasteiger partial charge is 0.338 e. The molecule has 0 spiro atoms. The number of carbonyl (C=O) groups excluding carboxylic acids is 1. The Bertz CT molecular complexity index is 1490. The SMILES string of the molecule is CCOC(=O)C1=C(C)N=c2s/c(=C/c3cccc(F)c3)c(=O)n2C1c1ccc2c(c1)OCO2. The maximum absolute atomic E-state index is 13.7. The number of carbonyl (C=O) groups is 1. The fraction of sp³-hybridized carbons (Fsp3) is 0.208. The Morgan fingerprint density at radius 3 is 2.88 bits per heavy atom. The molecule has 2 aromatic carbocycles. The molecule has 2 aliphatic rings. The summed E-state index contributed by atoms with van der Waals surface area (Å²) in [4.78, 5) is 31.4. The van der Waals surface area contributed by atoms with Crippen molar-refractivity contribution in [2.75, 3.05) is 13.4 Å². The Morgan fingerprint density at radius 1 is 1.27 bits per heavy atom. The molecule has 0 aliphatic carbocycles. The van der Waals surface area contributed by atoms with E-state index < -0.39 is 17.8 Å². The minimum atomic E-state index is -0.760. The zero-order chi connectivity index (χ0) is 23.1. The highest BCUT2D eigenvalue weighted by Gasteiger charge is 2.34. The largest absolute Gasteiger partial charge is 0.463 e. The van der Waals surface area contributed by atoms with Crippen molar-refractivity contribution in [3.63, 3.8) is 0 Å². The van der Waals surface area contributed by atoms with Crippen molar-refractivity contribution in [3.05, 3.63) is 90.4 Å². The van der Waals surface area contributed by atoms with E-state index >= 15 is 0 Å². The molecular formula is C24H19FN2O5S. The number of benzene rings is 2. The number of aromatic nitrogens is 1. The lowest BCUT2D eigenvalue weighted by Gasteiger charge is -2.24. The van der Waals surface area contributed by atoms with Gasteiger partial charge in [-0.2, -0.15) is 0 Å². The maximum Gasteiger partial charge on any atom is 0.338 e. The van der Waals surface area contributed by atoms with Crippen LogP contribution in [0.25, 0.3) is 6.08 Å². The summed E-state index contributed by atoms with van der Waals surface area (Å²) in [5.74, 6) is 0.193. The van der Waals surface area contributed by atoms with Crippen molar-refractivity contribution < 1.29 is 23.4 Å². The molecule has 33 heavy (non-hydrogen) atoms. The van der Waals surface area contributed by atoms with Gasteiger partial charge in [0.15, 0.2) is 16.3 Å². The average molecular weight is 466 g/mol. The molecule has 0 fully saturated rings. The molecule has 1 atom stereocenters. The van der Waals surface area contributed by atoms with Crippen molar-refractivity contribution in [2.45, 2.75) is 19.9 Å². The molecule has 0 N–H and O–H groups in total. The number of hydrogen-bond donors (Lipinski definition) is 0. The fourth-order valence-electron chi connectivity index (χ4n) is 3.94. The Kier molecular flexibility index (Phi) is 5.33. The van der Waals surface area contributed by atoms with Crippen LogP contribution in [0.15, 0.2) is 63.5 Å². The Balaban J connectivity index is 1.73. The van der Waals surface area contributed by atoms with Gasteiger partial charge >= 0.3 is 5.97 Å². The molecule has 3 heterocycles. The van der Waals surface area contributed by atoms with Crippen LogP contribution in [-0.4, -0.2) is 23.9 Å². The second-order valence-corrected chi connectivity index (χ2v) is 8.48. The van der Waals surface area contributed by atoms with Gasteiger partial charge < -0.3 is 14.2 Å². The number of hydrogen-bond acceptors (Lipinski definition) is 7. The quantitative estimate of drug-likeness (QED) is 0.553. The second kappa shape index (κ2) is 8.32. The number of esters is 1. The number of ether oxygens (including phenoxy) is 3. The summed E-state index contributed by atoms with van der Waals surface area (Å²) < 4.78 is 31.7. The van der Waals surface area contributed by atoms with Crippen molar-refractivity contribution in [3.8, 4) is 11.5 Å². The topological polar surface area (TPSA) is 79.1 Å². The molecular weight excluding hydrogens is 447 g/mol. The summed E-state index contributed by atoms with van der Waals surface area (Å²) in [5.41, 5.74) is 1.63. The summed E-state index contributed by atoms with van der Waals surface area (Å²) in [6.45, 7) is 3.73. The van der Waals surface area contributed by atoms with Crippen LogP contribution in [0.5, 0.6) is 11.5 Å². The Morgan fingerprint density at radius 2 is 2.09 bits per heavy atom. The third-order valence-corrected chi connectivity index (χ3v) is 6.36. The number of fused-ring (bicyclic) bond motifs is 2. The molecule has 1 aromatic heterocycles. The van der Waals surface area contributed by atoms with Crippen LogP contribution < -0.4 is 24.4 Å². The van der Waals surface area contributed by atoms with Crippen LogP contribution in [-0.2, 0) is 9.53 Å². The van der Waals surface area contributed by atoms with E-state index in [0.717, 1.165) is 0 Å². The summed E-state index contributed by atoms with van der Waals surface area (Å²) in [5, 5.41) is 0. The summed E-state index contributed by atoms with van der Waals surface area (Å²) >= 11 is 1.18. The Hall–Kier alpha value is -3.72. The molecule has 5 rings (SSSR count). The van der Waals surface area contributed by atoms with Crippen molar-refractivity contribution in [1.82, 2.24) is 4.57 Å². The first-order valence-electron chi connectivity index (χ1n) is 10.3. The Labute approximate surface area is 191 Å². The molecule has 2 aliphatic heterocycles. The molecule has 7 nitrogen and oxygen atoms in total. The lowest BCUT2D eigenvalue weighted by atomic mass is 9.95. The van der Waals surface area contributed by atoms with E-state index in [4.69, 9.17) is 14.2 Å². The zero-order valence-corrected chi connectivity index (χ0v) is 18.6.